The number of hydrogen-bond donors (Lipinski definition) is 1. The Hall–Kier alpha value is -2.25. The molecule has 1 heterocycles. The molecule has 1 fully saturated rings. The summed E-state index contributed by atoms with van der Waals surface area (Å²) in [5.41, 5.74) is 1.32. The molecule has 2 aromatic carbocycles. The van der Waals surface area contributed by atoms with E-state index in [1.807, 2.05) is 35.2 Å². The third kappa shape index (κ3) is 5.87. The van der Waals surface area contributed by atoms with E-state index in [0.717, 1.165) is 18.4 Å². The van der Waals surface area contributed by atoms with Gasteiger partial charge in [-0.05, 0) is 50.2 Å². The first-order chi connectivity index (χ1) is 13.5. The first-order valence-corrected chi connectivity index (χ1v) is 10.1. The zero-order valence-corrected chi connectivity index (χ0v) is 16.1. The van der Waals surface area contributed by atoms with Gasteiger partial charge < -0.3 is 5.32 Å². The Morgan fingerprint density at radius 3 is 2.29 bits per heavy atom. The average molecular weight is 404 g/mol. The number of hydrogen-bond acceptors (Lipinski definition) is 4. The maximum atomic E-state index is 12.5. The van der Waals surface area contributed by atoms with Crippen LogP contribution in [0.2, 0.25) is 0 Å². The van der Waals surface area contributed by atoms with E-state index in [1.54, 1.807) is 24.3 Å². The highest BCUT2D eigenvalue weighted by molar-refractivity contribution is 7.99. The van der Waals surface area contributed by atoms with Crippen LogP contribution in [0.1, 0.15) is 23.2 Å². The molecule has 28 heavy (non-hydrogen) atoms. The van der Waals surface area contributed by atoms with Gasteiger partial charge in [0.05, 0.1) is 6.54 Å². The third-order valence-electron chi connectivity index (χ3n) is 4.75. The van der Waals surface area contributed by atoms with Crippen LogP contribution < -0.4 is 5.32 Å². The Morgan fingerprint density at radius 1 is 1.04 bits per heavy atom. The van der Waals surface area contributed by atoms with Crippen molar-refractivity contribution in [1.82, 2.24) is 4.90 Å². The fraction of sp³-hybridized carbons (Fsp3) is 0.333. The summed E-state index contributed by atoms with van der Waals surface area (Å²) in [6, 6.07) is 15.7. The van der Waals surface area contributed by atoms with Crippen LogP contribution in [0.4, 0.5) is 14.5 Å². The monoisotopic (exact) mass is 404 g/mol. The third-order valence-corrected chi connectivity index (χ3v) is 5.47. The Balaban J connectivity index is 1.44. The second kappa shape index (κ2) is 9.80. The molecule has 0 radical (unpaired) electrons. The molecule has 1 aliphatic rings. The number of thioether (sulfide) groups is 1. The van der Waals surface area contributed by atoms with E-state index in [-0.39, 0.29) is 24.2 Å². The minimum Gasteiger partial charge on any atom is -0.325 e. The molecule has 0 unspecified atom stereocenters. The second-order valence-electron chi connectivity index (χ2n) is 6.73. The largest absolute Gasteiger partial charge is 0.325 e. The molecule has 2 aromatic rings. The van der Waals surface area contributed by atoms with Crippen LogP contribution >= 0.6 is 11.8 Å². The van der Waals surface area contributed by atoms with Gasteiger partial charge in [0.15, 0.2) is 5.78 Å². The number of alkyl halides is 2. The lowest BCUT2D eigenvalue weighted by Gasteiger charge is -2.30. The number of nitrogens with zero attached hydrogens (tertiary/aromatic N) is 1. The first kappa shape index (κ1) is 20.5. The van der Waals surface area contributed by atoms with Crippen LogP contribution in [0.15, 0.2) is 59.5 Å². The lowest BCUT2D eigenvalue weighted by Crippen LogP contribution is -2.40. The molecule has 3 rings (SSSR count). The van der Waals surface area contributed by atoms with Crippen molar-refractivity contribution in [3.8, 4) is 0 Å². The molecule has 1 N–H and O–H groups in total. The Kier molecular flexibility index (Phi) is 7.17. The van der Waals surface area contributed by atoms with Crippen molar-refractivity contribution in [3.05, 3.63) is 60.2 Å². The van der Waals surface area contributed by atoms with Crippen LogP contribution in [0.5, 0.6) is 0 Å². The number of carbonyl (C=O) groups excluding carboxylic acids is 2. The first-order valence-electron chi connectivity index (χ1n) is 9.17. The van der Waals surface area contributed by atoms with Crippen molar-refractivity contribution in [2.45, 2.75) is 23.5 Å². The van der Waals surface area contributed by atoms with Crippen LogP contribution in [-0.4, -0.2) is 42.0 Å². The number of likely N-dealkylation sites (tertiary alicyclic amines) is 1. The van der Waals surface area contributed by atoms with E-state index in [2.05, 4.69) is 5.32 Å². The molecule has 0 bridgehead atoms. The Labute approximate surface area is 167 Å². The zero-order chi connectivity index (χ0) is 19.9. The molecule has 4 nitrogen and oxygen atoms in total. The molecule has 1 saturated heterocycles. The van der Waals surface area contributed by atoms with Gasteiger partial charge in [-0.2, -0.15) is 8.78 Å². The maximum absolute atomic E-state index is 12.5. The number of nitrogens with one attached hydrogen (secondary N) is 1. The van der Waals surface area contributed by atoms with E-state index in [9.17, 15) is 18.4 Å². The van der Waals surface area contributed by atoms with Crippen molar-refractivity contribution in [1.29, 1.82) is 0 Å². The van der Waals surface area contributed by atoms with Gasteiger partial charge in [0.1, 0.15) is 0 Å². The molecule has 7 heteroatoms. The Bertz CT molecular complexity index is 792. The number of carbonyl (C=O) groups is 2. The maximum Gasteiger partial charge on any atom is 0.288 e. The van der Waals surface area contributed by atoms with Crippen molar-refractivity contribution in [3.63, 3.8) is 0 Å². The van der Waals surface area contributed by atoms with Gasteiger partial charge >= 0.3 is 0 Å². The van der Waals surface area contributed by atoms with E-state index >= 15 is 0 Å². The number of amides is 1. The number of piperidine rings is 1. The van der Waals surface area contributed by atoms with E-state index in [1.165, 1.54) is 0 Å². The quantitative estimate of drug-likeness (QED) is 0.544. The van der Waals surface area contributed by atoms with Gasteiger partial charge in [0.25, 0.3) is 5.76 Å². The highest BCUT2D eigenvalue weighted by Gasteiger charge is 2.26. The fourth-order valence-corrected chi connectivity index (χ4v) is 3.81. The lowest BCUT2D eigenvalue weighted by molar-refractivity contribution is -0.117. The van der Waals surface area contributed by atoms with Gasteiger partial charge in [-0.25, -0.2) is 0 Å². The standard InChI is InChI=1S/C21H22F2N2O2S/c22-21(23)28-18-8-6-17(7-9-18)24-19(26)14-25-12-10-16(11-13-25)20(27)15-4-2-1-3-5-15/h1-9,16,21H,10-14H2,(H,24,26). The summed E-state index contributed by atoms with van der Waals surface area (Å²) in [6.45, 7) is 1.64. The summed E-state index contributed by atoms with van der Waals surface area (Å²) >= 11 is 0.473. The van der Waals surface area contributed by atoms with Crippen molar-refractivity contribution in [2.24, 2.45) is 5.92 Å². The van der Waals surface area contributed by atoms with Crippen molar-refractivity contribution >= 4 is 29.1 Å². The number of Topliss-reactive ketones (excluding diaryl/α,β-unsaturated/α-hetero) is 1. The van der Waals surface area contributed by atoms with Crippen LogP contribution in [0.25, 0.3) is 0 Å². The van der Waals surface area contributed by atoms with Crippen molar-refractivity contribution < 1.29 is 18.4 Å². The smallest absolute Gasteiger partial charge is 0.288 e. The topological polar surface area (TPSA) is 49.4 Å². The van der Waals surface area contributed by atoms with E-state index in [0.29, 0.717) is 35.4 Å². The number of rotatable bonds is 7. The number of ketones is 1. The van der Waals surface area contributed by atoms with Gasteiger partial charge in [-0.3, -0.25) is 14.5 Å². The zero-order valence-electron chi connectivity index (χ0n) is 15.3. The predicted octanol–water partition coefficient (Wildman–Crippen LogP) is 4.53. The van der Waals surface area contributed by atoms with Crippen LogP contribution in [-0.2, 0) is 4.79 Å². The molecule has 0 aromatic heterocycles. The van der Waals surface area contributed by atoms with Gasteiger partial charge in [-0.1, -0.05) is 42.1 Å². The van der Waals surface area contributed by atoms with Crippen molar-refractivity contribution in [2.75, 3.05) is 25.0 Å². The van der Waals surface area contributed by atoms with Gasteiger partial charge in [0, 0.05) is 22.1 Å². The molecule has 0 aliphatic carbocycles. The molecule has 1 aliphatic heterocycles. The highest BCUT2D eigenvalue weighted by Crippen LogP contribution is 2.26. The SMILES string of the molecule is O=C(CN1CCC(C(=O)c2ccccc2)CC1)Nc1ccc(SC(F)F)cc1. The second-order valence-corrected chi connectivity index (χ2v) is 7.80. The summed E-state index contributed by atoms with van der Waals surface area (Å²) in [5.74, 6) is -2.44. The van der Waals surface area contributed by atoms with Crippen LogP contribution in [0.3, 0.4) is 0 Å². The number of anilines is 1. The normalized spacial score (nSPS) is 15.5. The van der Waals surface area contributed by atoms with Gasteiger partial charge in [-0.15, -0.1) is 0 Å². The van der Waals surface area contributed by atoms with Crippen LogP contribution in [0, 0.1) is 5.92 Å². The Morgan fingerprint density at radius 2 is 1.68 bits per heavy atom. The molecule has 0 spiro atoms. The van der Waals surface area contributed by atoms with Gasteiger partial charge in [0.2, 0.25) is 5.91 Å². The molecule has 0 saturated carbocycles. The van der Waals surface area contributed by atoms with E-state index in [4.69, 9.17) is 0 Å². The summed E-state index contributed by atoms with van der Waals surface area (Å²) in [4.78, 5) is 27.2. The number of benzene rings is 2. The minimum atomic E-state index is -2.46. The molecular weight excluding hydrogens is 382 g/mol. The summed E-state index contributed by atoms with van der Waals surface area (Å²) < 4.78 is 24.7. The molecule has 148 valence electrons. The summed E-state index contributed by atoms with van der Waals surface area (Å²) in [7, 11) is 0. The summed E-state index contributed by atoms with van der Waals surface area (Å²) in [6.07, 6.45) is 1.47. The number of halogens is 2. The summed E-state index contributed by atoms with van der Waals surface area (Å²) in [5, 5.41) is 2.79. The predicted molar refractivity (Wildman–Crippen MR) is 107 cm³/mol. The van der Waals surface area contributed by atoms with E-state index < -0.39 is 5.76 Å². The molecule has 1 amide bonds. The molecular formula is C21H22F2N2O2S. The fourth-order valence-electron chi connectivity index (χ4n) is 3.31. The minimum absolute atomic E-state index is 0.00147. The molecule has 0 atom stereocenters. The average Bonchev–Trinajstić information content (AvgIpc) is 2.70. The highest BCUT2D eigenvalue weighted by atomic mass is 32.2. The lowest BCUT2D eigenvalue weighted by atomic mass is 9.89.